The molecule has 1 rings (SSSR count). The van der Waals surface area contributed by atoms with Crippen molar-refractivity contribution in [3.63, 3.8) is 0 Å². The lowest BCUT2D eigenvalue weighted by atomic mass is 10.2. The van der Waals surface area contributed by atoms with Crippen LogP contribution in [-0.4, -0.2) is 15.7 Å². The number of nitrogens with zero attached hydrogens (tertiary/aromatic N) is 2. The van der Waals surface area contributed by atoms with Crippen molar-refractivity contribution >= 4 is 5.91 Å². The van der Waals surface area contributed by atoms with Gasteiger partial charge in [-0.25, -0.2) is 4.68 Å². The van der Waals surface area contributed by atoms with E-state index in [4.69, 9.17) is 0 Å². The summed E-state index contributed by atoms with van der Waals surface area (Å²) in [6.45, 7) is 7.82. The van der Waals surface area contributed by atoms with E-state index in [1.165, 1.54) is 4.68 Å². The maximum Gasteiger partial charge on any atom is 0.270 e. The highest BCUT2D eigenvalue weighted by Gasteiger charge is 2.06. The van der Waals surface area contributed by atoms with Crippen molar-refractivity contribution in [1.29, 1.82) is 0 Å². The molecule has 0 aliphatic rings. The van der Waals surface area contributed by atoms with Crippen molar-refractivity contribution < 1.29 is 4.79 Å². The van der Waals surface area contributed by atoms with E-state index < -0.39 is 0 Å². The summed E-state index contributed by atoms with van der Waals surface area (Å²) >= 11 is 0. The van der Waals surface area contributed by atoms with Crippen LogP contribution in [-0.2, 0) is 0 Å². The van der Waals surface area contributed by atoms with E-state index in [-0.39, 0.29) is 5.91 Å². The molecule has 1 heterocycles. The summed E-state index contributed by atoms with van der Waals surface area (Å²) in [7, 11) is 0. The lowest BCUT2D eigenvalue weighted by Gasteiger charge is -1.98. The topological polar surface area (TPSA) is 34.9 Å². The maximum absolute atomic E-state index is 11.6. The van der Waals surface area contributed by atoms with E-state index in [2.05, 4.69) is 5.10 Å². The van der Waals surface area contributed by atoms with E-state index >= 15 is 0 Å². The lowest BCUT2D eigenvalue weighted by Crippen LogP contribution is -2.11. The molecule has 14 heavy (non-hydrogen) atoms. The van der Waals surface area contributed by atoms with Gasteiger partial charge in [-0.3, -0.25) is 4.79 Å². The molecule has 0 N–H and O–H groups in total. The van der Waals surface area contributed by atoms with Gasteiger partial charge in [-0.2, -0.15) is 5.10 Å². The molecule has 1 aromatic heterocycles. The Morgan fingerprint density at radius 2 is 2.14 bits per heavy atom. The standard InChI is InChI=1S/C11H16N2O/c1-8(2)5-6-11(14)13-10(4)7-9(3)12-13/h5-8H,1-4H3/b6-5+. The van der Waals surface area contributed by atoms with Gasteiger partial charge in [0.2, 0.25) is 0 Å². The minimum Gasteiger partial charge on any atom is -0.267 e. The molecule has 0 saturated carbocycles. The molecule has 0 saturated heterocycles. The number of aryl methyl sites for hydroxylation is 2. The van der Waals surface area contributed by atoms with Crippen LogP contribution in [0.5, 0.6) is 0 Å². The Hall–Kier alpha value is -1.38. The molecule has 3 nitrogen and oxygen atoms in total. The first-order valence-corrected chi connectivity index (χ1v) is 4.76. The minimum absolute atomic E-state index is 0.0794. The lowest BCUT2D eigenvalue weighted by molar-refractivity contribution is 0.0951. The highest BCUT2D eigenvalue weighted by Crippen LogP contribution is 2.02. The molecule has 0 aliphatic heterocycles. The third-order valence-electron chi connectivity index (χ3n) is 1.84. The molecule has 0 aromatic carbocycles. The molecule has 0 atom stereocenters. The second-order valence-corrected chi connectivity index (χ2v) is 3.78. The maximum atomic E-state index is 11.6. The smallest absolute Gasteiger partial charge is 0.267 e. The van der Waals surface area contributed by atoms with Crippen LogP contribution < -0.4 is 0 Å². The van der Waals surface area contributed by atoms with Crippen molar-refractivity contribution in [3.05, 3.63) is 29.6 Å². The Labute approximate surface area is 84.4 Å². The van der Waals surface area contributed by atoms with Gasteiger partial charge in [-0.15, -0.1) is 0 Å². The first-order chi connectivity index (χ1) is 6.50. The Morgan fingerprint density at radius 3 is 2.57 bits per heavy atom. The Bertz CT molecular complexity index is 361. The van der Waals surface area contributed by atoms with Crippen molar-refractivity contribution in [3.8, 4) is 0 Å². The van der Waals surface area contributed by atoms with Crippen LogP contribution in [0.4, 0.5) is 0 Å². The van der Waals surface area contributed by atoms with Gasteiger partial charge in [0.15, 0.2) is 0 Å². The van der Waals surface area contributed by atoms with Crippen LogP contribution in [0.25, 0.3) is 0 Å². The van der Waals surface area contributed by atoms with Gasteiger partial charge in [0.05, 0.1) is 5.69 Å². The second-order valence-electron chi connectivity index (χ2n) is 3.78. The number of carbonyl (C=O) groups excluding carboxylic acids is 1. The van der Waals surface area contributed by atoms with Gasteiger partial charge in [0, 0.05) is 11.8 Å². The molecule has 0 radical (unpaired) electrons. The van der Waals surface area contributed by atoms with E-state index in [0.29, 0.717) is 5.92 Å². The predicted molar refractivity (Wildman–Crippen MR) is 56.3 cm³/mol. The Kier molecular flexibility index (Phi) is 3.23. The number of allylic oxidation sites excluding steroid dienone is 2. The van der Waals surface area contributed by atoms with Gasteiger partial charge < -0.3 is 0 Å². The summed E-state index contributed by atoms with van der Waals surface area (Å²) in [6.07, 6.45) is 3.45. The molecule has 76 valence electrons. The fourth-order valence-corrected chi connectivity index (χ4v) is 1.20. The van der Waals surface area contributed by atoms with E-state index in [0.717, 1.165) is 11.4 Å². The highest BCUT2D eigenvalue weighted by molar-refractivity contribution is 5.89. The average molecular weight is 192 g/mol. The van der Waals surface area contributed by atoms with Crippen LogP contribution in [0, 0.1) is 19.8 Å². The Morgan fingerprint density at radius 1 is 1.50 bits per heavy atom. The first-order valence-electron chi connectivity index (χ1n) is 4.76. The molecule has 0 aliphatic carbocycles. The fourth-order valence-electron chi connectivity index (χ4n) is 1.20. The highest BCUT2D eigenvalue weighted by atomic mass is 16.2. The van der Waals surface area contributed by atoms with E-state index in [1.807, 2.05) is 39.8 Å². The molecular formula is C11H16N2O. The molecule has 0 amide bonds. The van der Waals surface area contributed by atoms with Crippen LogP contribution in [0.3, 0.4) is 0 Å². The summed E-state index contributed by atoms with van der Waals surface area (Å²) in [5.74, 6) is 0.306. The molecule has 0 fully saturated rings. The van der Waals surface area contributed by atoms with E-state index in [1.54, 1.807) is 6.08 Å². The summed E-state index contributed by atoms with van der Waals surface area (Å²) in [5, 5.41) is 4.10. The summed E-state index contributed by atoms with van der Waals surface area (Å²) in [5.41, 5.74) is 1.75. The zero-order chi connectivity index (χ0) is 10.7. The predicted octanol–water partition coefficient (Wildman–Crippen LogP) is 2.35. The number of rotatable bonds is 2. The molecule has 0 unspecified atom stereocenters. The van der Waals surface area contributed by atoms with Gasteiger partial charge in [0.25, 0.3) is 5.91 Å². The van der Waals surface area contributed by atoms with Gasteiger partial charge in [-0.1, -0.05) is 19.9 Å². The van der Waals surface area contributed by atoms with Gasteiger partial charge in [-0.05, 0) is 25.8 Å². The van der Waals surface area contributed by atoms with Gasteiger partial charge in [0.1, 0.15) is 0 Å². The Balaban J connectivity index is 2.85. The average Bonchev–Trinajstić information content (AvgIpc) is 2.41. The van der Waals surface area contributed by atoms with Gasteiger partial charge >= 0.3 is 0 Å². The van der Waals surface area contributed by atoms with Crippen molar-refractivity contribution in [1.82, 2.24) is 9.78 Å². The largest absolute Gasteiger partial charge is 0.270 e. The zero-order valence-electron chi connectivity index (χ0n) is 9.11. The third kappa shape index (κ3) is 2.55. The van der Waals surface area contributed by atoms with Crippen LogP contribution in [0.2, 0.25) is 0 Å². The zero-order valence-corrected chi connectivity index (χ0v) is 9.11. The first kappa shape index (κ1) is 10.7. The van der Waals surface area contributed by atoms with Crippen molar-refractivity contribution in [2.45, 2.75) is 27.7 Å². The number of aromatic nitrogens is 2. The summed E-state index contributed by atoms with van der Waals surface area (Å²) in [4.78, 5) is 11.6. The molecule has 0 spiro atoms. The fraction of sp³-hybridized carbons (Fsp3) is 0.455. The number of hydrogen-bond acceptors (Lipinski definition) is 2. The van der Waals surface area contributed by atoms with Crippen LogP contribution in [0.15, 0.2) is 18.2 Å². The second kappa shape index (κ2) is 4.22. The van der Waals surface area contributed by atoms with Crippen molar-refractivity contribution in [2.75, 3.05) is 0 Å². The SMILES string of the molecule is Cc1cc(C)n(C(=O)/C=C/C(C)C)n1. The molecule has 0 bridgehead atoms. The molecule has 3 heteroatoms. The number of hydrogen-bond donors (Lipinski definition) is 0. The normalized spacial score (nSPS) is 11.5. The monoisotopic (exact) mass is 192 g/mol. The van der Waals surface area contributed by atoms with Crippen LogP contribution in [0.1, 0.15) is 30.0 Å². The minimum atomic E-state index is -0.0794. The quantitative estimate of drug-likeness (QED) is 0.674. The molecule has 1 aromatic rings. The third-order valence-corrected chi connectivity index (χ3v) is 1.84. The summed E-state index contributed by atoms with van der Waals surface area (Å²) in [6, 6.07) is 1.89. The summed E-state index contributed by atoms with van der Waals surface area (Å²) < 4.78 is 1.42. The van der Waals surface area contributed by atoms with E-state index in [9.17, 15) is 4.79 Å². The number of carbonyl (C=O) groups is 1. The molecular weight excluding hydrogens is 176 g/mol. The van der Waals surface area contributed by atoms with Crippen molar-refractivity contribution in [2.24, 2.45) is 5.92 Å². The van der Waals surface area contributed by atoms with Crippen LogP contribution >= 0.6 is 0 Å².